The van der Waals surface area contributed by atoms with Gasteiger partial charge < -0.3 is 5.73 Å². The molecule has 0 spiro atoms. The number of thioether (sulfide) groups is 1. The smallest absolute Gasteiger partial charge is 0.00697 e. The predicted molar refractivity (Wildman–Crippen MR) is 50.4 cm³/mol. The zero-order valence-electron chi connectivity index (χ0n) is 7.26. The third-order valence-corrected chi connectivity index (χ3v) is 2.59. The minimum absolute atomic E-state index is 0.402. The van der Waals surface area contributed by atoms with Gasteiger partial charge in [0.25, 0.3) is 0 Å². The van der Waals surface area contributed by atoms with Gasteiger partial charge >= 0.3 is 0 Å². The van der Waals surface area contributed by atoms with Crippen molar-refractivity contribution in [2.45, 2.75) is 33.2 Å². The Balaban J connectivity index is 3.13. The van der Waals surface area contributed by atoms with Gasteiger partial charge in [-0.25, -0.2) is 0 Å². The maximum absolute atomic E-state index is 5.84. The van der Waals surface area contributed by atoms with Crippen LogP contribution >= 0.6 is 11.8 Å². The van der Waals surface area contributed by atoms with Crippen molar-refractivity contribution in [1.29, 1.82) is 0 Å². The molecule has 10 heavy (non-hydrogen) atoms. The van der Waals surface area contributed by atoms with Gasteiger partial charge in [0.05, 0.1) is 0 Å². The van der Waals surface area contributed by atoms with Crippen LogP contribution < -0.4 is 5.73 Å². The topological polar surface area (TPSA) is 26.0 Å². The average Bonchev–Trinajstić information content (AvgIpc) is 1.88. The van der Waals surface area contributed by atoms with Crippen LogP contribution in [0.15, 0.2) is 0 Å². The van der Waals surface area contributed by atoms with Crippen LogP contribution in [-0.4, -0.2) is 17.5 Å². The summed E-state index contributed by atoms with van der Waals surface area (Å²) in [5.74, 6) is 3.07. The summed E-state index contributed by atoms with van der Waals surface area (Å²) in [6.45, 7) is 6.55. The SMILES string of the molecule is CCSCCC(N)C(C)C. The van der Waals surface area contributed by atoms with E-state index in [2.05, 4.69) is 20.8 Å². The Morgan fingerprint density at radius 1 is 1.40 bits per heavy atom. The number of hydrogen-bond donors (Lipinski definition) is 1. The van der Waals surface area contributed by atoms with Gasteiger partial charge in [-0.05, 0) is 23.8 Å². The highest BCUT2D eigenvalue weighted by Crippen LogP contribution is 2.08. The molecule has 62 valence electrons. The van der Waals surface area contributed by atoms with Gasteiger partial charge in [0, 0.05) is 6.04 Å². The number of hydrogen-bond acceptors (Lipinski definition) is 2. The highest BCUT2D eigenvalue weighted by molar-refractivity contribution is 7.99. The molecule has 0 rings (SSSR count). The number of nitrogens with two attached hydrogens (primary N) is 1. The second kappa shape index (κ2) is 6.05. The van der Waals surface area contributed by atoms with E-state index in [1.165, 1.54) is 11.5 Å². The first-order valence-corrected chi connectivity index (χ1v) is 5.17. The molecule has 0 aliphatic rings. The second-order valence-electron chi connectivity index (χ2n) is 2.89. The van der Waals surface area contributed by atoms with Gasteiger partial charge in [-0.1, -0.05) is 20.8 Å². The minimum atomic E-state index is 0.402. The second-order valence-corrected chi connectivity index (χ2v) is 4.29. The van der Waals surface area contributed by atoms with Crippen molar-refractivity contribution in [3.63, 3.8) is 0 Å². The van der Waals surface area contributed by atoms with Gasteiger partial charge in [-0.3, -0.25) is 0 Å². The highest BCUT2D eigenvalue weighted by atomic mass is 32.2. The van der Waals surface area contributed by atoms with Crippen LogP contribution in [0.5, 0.6) is 0 Å². The van der Waals surface area contributed by atoms with Crippen LogP contribution in [0.25, 0.3) is 0 Å². The van der Waals surface area contributed by atoms with Gasteiger partial charge in [-0.15, -0.1) is 0 Å². The number of rotatable bonds is 5. The fourth-order valence-electron chi connectivity index (χ4n) is 0.697. The van der Waals surface area contributed by atoms with Crippen LogP contribution in [0.4, 0.5) is 0 Å². The first-order valence-electron chi connectivity index (χ1n) is 4.01. The first-order chi connectivity index (χ1) is 4.68. The van der Waals surface area contributed by atoms with Crippen LogP contribution in [0.2, 0.25) is 0 Å². The van der Waals surface area contributed by atoms with Gasteiger partial charge in [0.15, 0.2) is 0 Å². The highest BCUT2D eigenvalue weighted by Gasteiger charge is 2.05. The van der Waals surface area contributed by atoms with Crippen molar-refractivity contribution in [1.82, 2.24) is 0 Å². The van der Waals surface area contributed by atoms with Crippen molar-refractivity contribution < 1.29 is 0 Å². The van der Waals surface area contributed by atoms with Gasteiger partial charge in [0.2, 0.25) is 0 Å². The molecule has 0 amide bonds. The molecular weight excluding hydrogens is 142 g/mol. The molecule has 0 aromatic rings. The molecule has 2 heteroatoms. The van der Waals surface area contributed by atoms with Crippen LogP contribution in [0, 0.1) is 5.92 Å². The molecular formula is C8H19NS. The van der Waals surface area contributed by atoms with E-state index in [1.54, 1.807) is 0 Å². The molecule has 0 aromatic heterocycles. The molecule has 0 fully saturated rings. The lowest BCUT2D eigenvalue weighted by molar-refractivity contribution is 0.483. The van der Waals surface area contributed by atoms with E-state index in [0.29, 0.717) is 12.0 Å². The summed E-state index contributed by atoms with van der Waals surface area (Å²) in [4.78, 5) is 0. The predicted octanol–water partition coefficient (Wildman–Crippen LogP) is 2.11. The third kappa shape index (κ3) is 5.12. The molecule has 2 N–H and O–H groups in total. The lowest BCUT2D eigenvalue weighted by Crippen LogP contribution is -2.26. The fraction of sp³-hybridized carbons (Fsp3) is 1.00. The van der Waals surface area contributed by atoms with Crippen molar-refractivity contribution in [3.05, 3.63) is 0 Å². The summed E-state index contributed by atoms with van der Waals surface area (Å²) in [7, 11) is 0. The van der Waals surface area contributed by atoms with Crippen molar-refractivity contribution in [3.8, 4) is 0 Å². The van der Waals surface area contributed by atoms with E-state index in [4.69, 9.17) is 5.73 Å². The average molecular weight is 161 g/mol. The quantitative estimate of drug-likeness (QED) is 0.625. The van der Waals surface area contributed by atoms with Crippen molar-refractivity contribution >= 4 is 11.8 Å². The Labute approximate surface area is 68.8 Å². The van der Waals surface area contributed by atoms with E-state index in [0.717, 1.165) is 6.42 Å². The van der Waals surface area contributed by atoms with Crippen LogP contribution in [-0.2, 0) is 0 Å². The zero-order chi connectivity index (χ0) is 7.98. The summed E-state index contributed by atoms with van der Waals surface area (Å²) in [5.41, 5.74) is 5.84. The third-order valence-electron chi connectivity index (χ3n) is 1.66. The van der Waals surface area contributed by atoms with Crippen molar-refractivity contribution in [2.75, 3.05) is 11.5 Å². The minimum Gasteiger partial charge on any atom is -0.327 e. The van der Waals surface area contributed by atoms with Crippen molar-refractivity contribution in [2.24, 2.45) is 11.7 Å². The van der Waals surface area contributed by atoms with E-state index in [9.17, 15) is 0 Å². The monoisotopic (exact) mass is 161 g/mol. The van der Waals surface area contributed by atoms with E-state index < -0.39 is 0 Å². The first kappa shape index (κ1) is 10.3. The summed E-state index contributed by atoms with van der Waals surface area (Å²) >= 11 is 1.97. The Kier molecular flexibility index (Phi) is 6.24. The molecule has 1 nitrogen and oxygen atoms in total. The largest absolute Gasteiger partial charge is 0.327 e. The van der Waals surface area contributed by atoms with Crippen LogP contribution in [0.3, 0.4) is 0 Å². The summed E-state index contributed by atoms with van der Waals surface area (Å²) in [6.07, 6.45) is 1.16. The Bertz CT molecular complexity index is 73.7. The molecule has 0 bridgehead atoms. The molecule has 1 unspecified atom stereocenters. The van der Waals surface area contributed by atoms with Gasteiger partial charge in [0.1, 0.15) is 0 Å². The Hall–Kier alpha value is 0.310. The lowest BCUT2D eigenvalue weighted by Gasteiger charge is -2.14. The molecule has 1 atom stereocenters. The normalized spacial score (nSPS) is 14.1. The van der Waals surface area contributed by atoms with Gasteiger partial charge in [-0.2, -0.15) is 11.8 Å². The van der Waals surface area contributed by atoms with E-state index >= 15 is 0 Å². The maximum atomic E-state index is 5.84. The molecule has 0 saturated heterocycles. The summed E-state index contributed by atoms with van der Waals surface area (Å²) in [5, 5.41) is 0. The zero-order valence-corrected chi connectivity index (χ0v) is 8.08. The maximum Gasteiger partial charge on any atom is 0.00697 e. The molecule has 0 aliphatic heterocycles. The Morgan fingerprint density at radius 2 is 2.00 bits per heavy atom. The molecule has 0 aliphatic carbocycles. The summed E-state index contributed by atoms with van der Waals surface area (Å²) in [6, 6.07) is 0.402. The lowest BCUT2D eigenvalue weighted by atomic mass is 10.0. The fourth-order valence-corrected chi connectivity index (χ4v) is 1.42. The summed E-state index contributed by atoms with van der Waals surface area (Å²) < 4.78 is 0. The molecule has 0 heterocycles. The van der Waals surface area contributed by atoms with Crippen LogP contribution in [0.1, 0.15) is 27.2 Å². The Morgan fingerprint density at radius 3 is 2.40 bits per heavy atom. The molecule has 0 saturated carbocycles. The van der Waals surface area contributed by atoms with E-state index in [1.807, 2.05) is 11.8 Å². The van der Waals surface area contributed by atoms with E-state index in [-0.39, 0.29) is 0 Å². The standard InChI is InChI=1S/C8H19NS/c1-4-10-6-5-8(9)7(2)3/h7-8H,4-6,9H2,1-3H3. The molecule has 0 radical (unpaired) electrons. The molecule has 0 aromatic carbocycles.